The summed E-state index contributed by atoms with van der Waals surface area (Å²) in [5.74, 6) is 0.627. The van der Waals surface area contributed by atoms with Crippen molar-refractivity contribution in [1.29, 1.82) is 0 Å². The maximum Gasteiger partial charge on any atom is 0.260 e. The maximum atomic E-state index is 12.3. The molecule has 4 nitrogen and oxygen atoms in total. The van der Waals surface area contributed by atoms with Gasteiger partial charge >= 0.3 is 0 Å². The molecule has 0 aliphatic carbocycles. The first kappa shape index (κ1) is 19.5. The van der Waals surface area contributed by atoms with E-state index >= 15 is 0 Å². The van der Waals surface area contributed by atoms with E-state index in [2.05, 4.69) is 29.2 Å². The van der Waals surface area contributed by atoms with Gasteiger partial charge in [-0.15, -0.1) is 23.1 Å². The summed E-state index contributed by atoms with van der Waals surface area (Å²) >= 11 is 3.32. The largest absolute Gasteiger partial charge is 0.484 e. The number of aryl methyl sites for hydroxylation is 1. The van der Waals surface area contributed by atoms with E-state index in [0.29, 0.717) is 12.3 Å². The summed E-state index contributed by atoms with van der Waals surface area (Å²) < 4.78 is 5.65. The first-order valence-electron chi connectivity index (χ1n) is 8.57. The van der Waals surface area contributed by atoms with Crippen molar-refractivity contribution >= 4 is 29.0 Å². The van der Waals surface area contributed by atoms with Crippen LogP contribution in [0.2, 0.25) is 0 Å². The number of thiazole rings is 1. The molecule has 0 unspecified atom stereocenters. The van der Waals surface area contributed by atoms with Gasteiger partial charge in [0.15, 0.2) is 6.61 Å². The molecule has 27 heavy (non-hydrogen) atoms. The van der Waals surface area contributed by atoms with Gasteiger partial charge in [-0.25, -0.2) is 4.98 Å². The summed E-state index contributed by atoms with van der Waals surface area (Å²) in [6.45, 7) is 2.57. The van der Waals surface area contributed by atoms with Gasteiger partial charge in [0, 0.05) is 35.1 Å². The van der Waals surface area contributed by atoms with E-state index in [1.807, 2.05) is 42.8 Å². The molecule has 3 rings (SSSR count). The second-order valence-corrected chi connectivity index (χ2v) is 7.94. The van der Waals surface area contributed by atoms with Crippen LogP contribution in [-0.2, 0) is 11.3 Å². The molecule has 140 valence electrons. The standard InChI is InChI=1S/C21H22N2O2S2/c1-15-14-27-21(22-15)17-6-8-18(9-7-17)25-13-20(24)23(2)12-16-4-10-19(26-3)11-5-16/h4-11,14H,12-13H2,1-3H3. The molecule has 0 aliphatic rings. The highest BCUT2D eigenvalue weighted by Gasteiger charge is 2.11. The van der Waals surface area contributed by atoms with Crippen molar-refractivity contribution in [2.24, 2.45) is 0 Å². The predicted octanol–water partition coefficient (Wildman–Crippen LogP) is 4.88. The molecule has 0 bridgehead atoms. The zero-order valence-electron chi connectivity index (χ0n) is 15.6. The number of benzene rings is 2. The van der Waals surface area contributed by atoms with Crippen LogP contribution in [0.1, 0.15) is 11.3 Å². The molecule has 0 spiro atoms. The second-order valence-electron chi connectivity index (χ2n) is 6.20. The number of nitrogens with zero attached hydrogens (tertiary/aromatic N) is 2. The smallest absolute Gasteiger partial charge is 0.260 e. The minimum Gasteiger partial charge on any atom is -0.484 e. The monoisotopic (exact) mass is 398 g/mol. The number of hydrogen-bond acceptors (Lipinski definition) is 5. The third-order valence-electron chi connectivity index (χ3n) is 4.09. The molecule has 0 saturated heterocycles. The number of hydrogen-bond donors (Lipinski definition) is 0. The van der Waals surface area contributed by atoms with Crippen molar-refractivity contribution in [3.8, 4) is 16.3 Å². The predicted molar refractivity (Wildman–Crippen MR) is 112 cm³/mol. The molecule has 0 fully saturated rings. The lowest BCUT2D eigenvalue weighted by atomic mass is 10.2. The molecule has 0 atom stereocenters. The number of ether oxygens (including phenoxy) is 1. The molecule has 0 aliphatic heterocycles. The fourth-order valence-corrected chi connectivity index (χ4v) is 3.74. The van der Waals surface area contributed by atoms with Crippen LogP contribution >= 0.6 is 23.1 Å². The van der Waals surface area contributed by atoms with Gasteiger partial charge in [0.2, 0.25) is 0 Å². The number of likely N-dealkylation sites (N-methyl/N-ethyl adjacent to an activating group) is 1. The fourth-order valence-electron chi connectivity index (χ4n) is 2.53. The van der Waals surface area contributed by atoms with E-state index in [-0.39, 0.29) is 12.5 Å². The minimum absolute atomic E-state index is 0.0229. The summed E-state index contributed by atoms with van der Waals surface area (Å²) in [5, 5.41) is 3.02. The van der Waals surface area contributed by atoms with Crippen LogP contribution in [0.4, 0.5) is 0 Å². The summed E-state index contributed by atoms with van der Waals surface area (Å²) in [4.78, 5) is 19.7. The van der Waals surface area contributed by atoms with E-state index in [9.17, 15) is 4.79 Å². The van der Waals surface area contributed by atoms with Crippen molar-refractivity contribution in [2.45, 2.75) is 18.4 Å². The Hall–Kier alpha value is -2.31. The molecule has 0 radical (unpaired) electrons. The van der Waals surface area contributed by atoms with Gasteiger partial charge in [0.1, 0.15) is 10.8 Å². The van der Waals surface area contributed by atoms with Crippen LogP contribution < -0.4 is 4.74 Å². The average Bonchev–Trinajstić information content (AvgIpc) is 3.13. The lowest BCUT2D eigenvalue weighted by Gasteiger charge is -2.18. The number of amides is 1. The van der Waals surface area contributed by atoms with Gasteiger partial charge < -0.3 is 9.64 Å². The lowest BCUT2D eigenvalue weighted by Crippen LogP contribution is -2.30. The van der Waals surface area contributed by atoms with Gasteiger partial charge in [-0.1, -0.05) is 12.1 Å². The van der Waals surface area contributed by atoms with Gasteiger partial charge in [-0.05, 0) is 55.1 Å². The van der Waals surface area contributed by atoms with E-state index < -0.39 is 0 Å². The number of aromatic nitrogens is 1. The molecular weight excluding hydrogens is 376 g/mol. The summed E-state index contributed by atoms with van der Waals surface area (Å²) in [6, 6.07) is 15.9. The van der Waals surface area contributed by atoms with Crippen LogP contribution in [0.25, 0.3) is 10.6 Å². The molecule has 1 amide bonds. The third-order valence-corrected chi connectivity index (χ3v) is 5.84. The Morgan fingerprint density at radius 3 is 2.44 bits per heavy atom. The van der Waals surface area contributed by atoms with Crippen molar-refractivity contribution in [2.75, 3.05) is 19.9 Å². The van der Waals surface area contributed by atoms with Crippen molar-refractivity contribution in [3.05, 3.63) is 65.2 Å². The Morgan fingerprint density at radius 2 is 1.85 bits per heavy atom. The van der Waals surface area contributed by atoms with Crippen LogP contribution in [0.15, 0.2) is 58.8 Å². The number of rotatable bonds is 7. The van der Waals surface area contributed by atoms with E-state index in [1.165, 1.54) is 4.90 Å². The minimum atomic E-state index is -0.0523. The number of thioether (sulfide) groups is 1. The van der Waals surface area contributed by atoms with Gasteiger partial charge in [0.05, 0.1) is 0 Å². The second kappa shape index (κ2) is 9.06. The fraction of sp³-hybridized carbons (Fsp3) is 0.238. The summed E-state index contributed by atoms with van der Waals surface area (Å²) in [7, 11) is 1.79. The van der Waals surface area contributed by atoms with Crippen LogP contribution in [-0.4, -0.2) is 35.7 Å². The maximum absolute atomic E-state index is 12.3. The number of carbonyl (C=O) groups excluding carboxylic acids is 1. The molecule has 3 aromatic rings. The Labute approximate surface area is 168 Å². The highest BCUT2D eigenvalue weighted by Crippen LogP contribution is 2.25. The van der Waals surface area contributed by atoms with E-state index in [1.54, 1.807) is 35.0 Å². The third kappa shape index (κ3) is 5.34. The lowest BCUT2D eigenvalue weighted by molar-refractivity contribution is -0.132. The molecular formula is C21H22N2O2S2. The molecule has 0 saturated carbocycles. The van der Waals surface area contributed by atoms with Gasteiger partial charge in [-0.2, -0.15) is 0 Å². The van der Waals surface area contributed by atoms with E-state index in [0.717, 1.165) is 21.8 Å². The molecule has 6 heteroatoms. The van der Waals surface area contributed by atoms with Crippen LogP contribution in [0.3, 0.4) is 0 Å². The summed E-state index contributed by atoms with van der Waals surface area (Å²) in [6.07, 6.45) is 2.05. The molecule has 1 aromatic heterocycles. The highest BCUT2D eigenvalue weighted by atomic mass is 32.2. The molecule has 0 N–H and O–H groups in total. The van der Waals surface area contributed by atoms with Gasteiger partial charge in [0.25, 0.3) is 5.91 Å². The Morgan fingerprint density at radius 1 is 1.15 bits per heavy atom. The Kier molecular flexibility index (Phi) is 6.53. The van der Waals surface area contributed by atoms with Crippen molar-refractivity contribution in [3.63, 3.8) is 0 Å². The Bertz CT molecular complexity index is 889. The van der Waals surface area contributed by atoms with Crippen LogP contribution in [0, 0.1) is 6.92 Å². The average molecular weight is 399 g/mol. The first-order valence-corrected chi connectivity index (χ1v) is 10.7. The zero-order valence-corrected chi connectivity index (χ0v) is 17.3. The SMILES string of the molecule is CSc1ccc(CN(C)C(=O)COc2ccc(-c3nc(C)cs3)cc2)cc1. The van der Waals surface area contributed by atoms with Gasteiger partial charge in [-0.3, -0.25) is 4.79 Å². The van der Waals surface area contributed by atoms with Crippen LogP contribution in [0.5, 0.6) is 5.75 Å². The topological polar surface area (TPSA) is 42.4 Å². The highest BCUT2D eigenvalue weighted by molar-refractivity contribution is 7.98. The Balaban J connectivity index is 1.51. The van der Waals surface area contributed by atoms with Crippen molar-refractivity contribution < 1.29 is 9.53 Å². The zero-order chi connectivity index (χ0) is 19.2. The normalized spacial score (nSPS) is 10.6. The number of carbonyl (C=O) groups is 1. The van der Waals surface area contributed by atoms with Crippen molar-refractivity contribution in [1.82, 2.24) is 9.88 Å². The molecule has 2 aromatic carbocycles. The van der Waals surface area contributed by atoms with E-state index in [4.69, 9.17) is 4.74 Å². The molecule has 1 heterocycles. The first-order chi connectivity index (χ1) is 13.0. The summed E-state index contributed by atoms with van der Waals surface area (Å²) in [5.41, 5.74) is 3.18. The quantitative estimate of drug-likeness (QED) is 0.532.